The number of ether oxygens (including phenoxy) is 1. The molecule has 1 fully saturated rings. The molecule has 31 heavy (non-hydrogen) atoms. The summed E-state index contributed by atoms with van der Waals surface area (Å²) in [7, 11) is 0. The number of hydrogen-bond acceptors (Lipinski definition) is 6. The standard InChI is InChI=1S/C25H27N3O3/c29-22(18-27-14-16-28(17-15-27)24-8-4-5-13-26-24)19-31-23-11-9-21(10-12-23)25(30)20-6-2-1-3-7-20/h1-13,22,29H,14-19H2/t22-/m0/s1. The van der Waals surface area contributed by atoms with Gasteiger partial charge in [-0.15, -0.1) is 0 Å². The van der Waals surface area contributed by atoms with Crippen molar-refractivity contribution in [3.63, 3.8) is 0 Å². The zero-order valence-electron chi connectivity index (χ0n) is 17.4. The van der Waals surface area contributed by atoms with Gasteiger partial charge in [0.1, 0.15) is 24.3 Å². The Morgan fingerprint density at radius 1 is 0.903 bits per heavy atom. The van der Waals surface area contributed by atoms with E-state index in [1.807, 2.05) is 42.6 Å². The summed E-state index contributed by atoms with van der Waals surface area (Å²) in [6, 6.07) is 22.2. The number of β-amino-alcohol motifs (C(OH)–C–C–N with tert-alkyl or cyclic N) is 1. The first kappa shape index (κ1) is 21.0. The third kappa shape index (κ3) is 5.69. The third-order valence-electron chi connectivity index (χ3n) is 5.41. The summed E-state index contributed by atoms with van der Waals surface area (Å²) in [5.41, 5.74) is 1.28. The minimum atomic E-state index is -0.577. The van der Waals surface area contributed by atoms with Gasteiger partial charge in [-0.1, -0.05) is 36.4 Å². The van der Waals surface area contributed by atoms with E-state index in [1.54, 1.807) is 36.4 Å². The smallest absolute Gasteiger partial charge is 0.193 e. The molecule has 6 nitrogen and oxygen atoms in total. The number of carbonyl (C=O) groups excluding carboxylic acids is 1. The quantitative estimate of drug-likeness (QED) is 0.569. The van der Waals surface area contributed by atoms with Gasteiger partial charge in [-0.2, -0.15) is 0 Å². The van der Waals surface area contributed by atoms with Gasteiger partial charge in [0.25, 0.3) is 0 Å². The second-order valence-electron chi connectivity index (χ2n) is 7.66. The lowest BCUT2D eigenvalue weighted by atomic mass is 10.0. The molecule has 1 saturated heterocycles. The van der Waals surface area contributed by atoms with Gasteiger partial charge >= 0.3 is 0 Å². The van der Waals surface area contributed by atoms with Crippen LogP contribution in [0.2, 0.25) is 0 Å². The van der Waals surface area contributed by atoms with Crippen LogP contribution >= 0.6 is 0 Å². The number of piperazine rings is 1. The molecule has 2 heterocycles. The van der Waals surface area contributed by atoms with Crippen LogP contribution in [-0.4, -0.2) is 66.2 Å². The second kappa shape index (κ2) is 10.2. The fraction of sp³-hybridized carbons (Fsp3) is 0.280. The van der Waals surface area contributed by atoms with E-state index in [9.17, 15) is 9.90 Å². The van der Waals surface area contributed by atoms with Gasteiger partial charge in [0.2, 0.25) is 0 Å². The summed E-state index contributed by atoms with van der Waals surface area (Å²) in [6.07, 6.45) is 1.24. The van der Waals surface area contributed by atoms with Gasteiger partial charge in [-0.3, -0.25) is 9.69 Å². The maximum absolute atomic E-state index is 12.5. The summed E-state index contributed by atoms with van der Waals surface area (Å²) < 4.78 is 5.73. The number of hydrogen-bond donors (Lipinski definition) is 1. The predicted octanol–water partition coefficient (Wildman–Crippen LogP) is 2.87. The molecule has 1 aliphatic rings. The van der Waals surface area contributed by atoms with Crippen molar-refractivity contribution in [1.29, 1.82) is 0 Å². The average Bonchev–Trinajstić information content (AvgIpc) is 2.84. The van der Waals surface area contributed by atoms with E-state index < -0.39 is 6.10 Å². The Morgan fingerprint density at radius 2 is 1.58 bits per heavy atom. The number of aromatic nitrogens is 1. The molecule has 1 aromatic heterocycles. The number of carbonyl (C=O) groups is 1. The van der Waals surface area contributed by atoms with E-state index in [-0.39, 0.29) is 12.4 Å². The summed E-state index contributed by atoms with van der Waals surface area (Å²) in [5.74, 6) is 1.63. The minimum absolute atomic E-state index is 0.0166. The largest absolute Gasteiger partial charge is 0.491 e. The number of aliphatic hydroxyl groups is 1. The van der Waals surface area contributed by atoms with Crippen molar-refractivity contribution in [2.24, 2.45) is 0 Å². The fourth-order valence-corrected chi connectivity index (χ4v) is 3.70. The summed E-state index contributed by atoms with van der Waals surface area (Å²) in [5, 5.41) is 10.4. The van der Waals surface area contributed by atoms with Gasteiger partial charge < -0.3 is 14.7 Å². The van der Waals surface area contributed by atoms with E-state index in [0.717, 1.165) is 32.0 Å². The Balaban J connectivity index is 1.21. The zero-order valence-corrected chi connectivity index (χ0v) is 17.4. The second-order valence-corrected chi connectivity index (χ2v) is 7.66. The van der Waals surface area contributed by atoms with Gasteiger partial charge in [-0.25, -0.2) is 4.98 Å². The highest BCUT2D eigenvalue weighted by molar-refractivity contribution is 6.08. The van der Waals surface area contributed by atoms with E-state index in [4.69, 9.17) is 4.74 Å². The van der Waals surface area contributed by atoms with Gasteiger partial charge in [0, 0.05) is 50.0 Å². The van der Waals surface area contributed by atoms with Crippen molar-refractivity contribution in [1.82, 2.24) is 9.88 Å². The van der Waals surface area contributed by atoms with Crippen LogP contribution in [0.15, 0.2) is 79.0 Å². The summed E-state index contributed by atoms with van der Waals surface area (Å²) >= 11 is 0. The monoisotopic (exact) mass is 417 g/mol. The van der Waals surface area contributed by atoms with E-state index in [1.165, 1.54) is 0 Å². The molecule has 1 N–H and O–H groups in total. The molecule has 1 aliphatic heterocycles. The number of rotatable bonds is 8. The zero-order chi connectivity index (χ0) is 21.5. The maximum Gasteiger partial charge on any atom is 0.193 e. The molecular weight excluding hydrogens is 390 g/mol. The SMILES string of the molecule is O=C(c1ccccc1)c1ccc(OC[C@@H](O)CN2CCN(c3ccccn3)CC2)cc1. The number of nitrogens with zero attached hydrogens (tertiary/aromatic N) is 3. The molecule has 0 bridgehead atoms. The first-order valence-electron chi connectivity index (χ1n) is 10.6. The van der Waals surface area contributed by atoms with Crippen LogP contribution in [0.4, 0.5) is 5.82 Å². The molecule has 2 aromatic carbocycles. The Labute approximate surface area is 182 Å². The van der Waals surface area contributed by atoms with Crippen molar-refractivity contribution in [3.8, 4) is 5.75 Å². The molecule has 0 aliphatic carbocycles. The number of ketones is 1. The van der Waals surface area contributed by atoms with E-state index >= 15 is 0 Å². The molecule has 0 amide bonds. The Morgan fingerprint density at radius 3 is 2.26 bits per heavy atom. The molecule has 0 spiro atoms. The van der Waals surface area contributed by atoms with Gasteiger partial charge in [0.15, 0.2) is 5.78 Å². The van der Waals surface area contributed by atoms with Crippen LogP contribution < -0.4 is 9.64 Å². The molecule has 4 rings (SSSR count). The summed E-state index contributed by atoms with van der Waals surface area (Å²) in [6.45, 7) is 4.32. The van der Waals surface area contributed by atoms with Crippen molar-refractivity contribution < 1.29 is 14.6 Å². The number of anilines is 1. The number of pyridine rings is 1. The van der Waals surface area contributed by atoms with Crippen molar-refractivity contribution in [2.75, 3.05) is 44.2 Å². The summed E-state index contributed by atoms with van der Waals surface area (Å²) in [4.78, 5) is 21.4. The highest BCUT2D eigenvalue weighted by Crippen LogP contribution is 2.16. The maximum atomic E-state index is 12.5. The molecule has 6 heteroatoms. The molecule has 160 valence electrons. The molecule has 0 radical (unpaired) electrons. The van der Waals surface area contributed by atoms with Crippen molar-refractivity contribution >= 4 is 11.6 Å². The predicted molar refractivity (Wildman–Crippen MR) is 121 cm³/mol. The highest BCUT2D eigenvalue weighted by atomic mass is 16.5. The number of aliphatic hydroxyl groups excluding tert-OH is 1. The van der Waals surface area contributed by atoms with Crippen molar-refractivity contribution in [3.05, 3.63) is 90.1 Å². The third-order valence-corrected chi connectivity index (χ3v) is 5.41. The minimum Gasteiger partial charge on any atom is -0.491 e. The normalized spacial score (nSPS) is 15.5. The molecule has 3 aromatic rings. The Kier molecular flexibility index (Phi) is 6.92. The highest BCUT2D eigenvalue weighted by Gasteiger charge is 2.20. The first-order chi connectivity index (χ1) is 15.2. The van der Waals surface area contributed by atoms with Gasteiger partial charge in [0.05, 0.1) is 0 Å². The van der Waals surface area contributed by atoms with Crippen LogP contribution in [0.25, 0.3) is 0 Å². The lowest BCUT2D eigenvalue weighted by molar-refractivity contribution is 0.0662. The van der Waals surface area contributed by atoms with Crippen LogP contribution in [0, 0.1) is 0 Å². The van der Waals surface area contributed by atoms with Crippen LogP contribution in [0.3, 0.4) is 0 Å². The molecule has 0 saturated carbocycles. The lowest BCUT2D eigenvalue weighted by Gasteiger charge is -2.36. The topological polar surface area (TPSA) is 65.9 Å². The van der Waals surface area contributed by atoms with Crippen LogP contribution in [-0.2, 0) is 0 Å². The fourth-order valence-electron chi connectivity index (χ4n) is 3.70. The Bertz CT molecular complexity index is 956. The van der Waals surface area contributed by atoms with Crippen LogP contribution in [0.5, 0.6) is 5.75 Å². The van der Waals surface area contributed by atoms with Gasteiger partial charge in [-0.05, 0) is 36.4 Å². The van der Waals surface area contributed by atoms with E-state index in [0.29, 0.717) is 23.4 Å². The van der Waals surface area contributed by atoms with Crippen molar-refractivity contribution in [2.45, 2.75) is 6.10 Å². The average molecular weight is 418 g/mol. The number of benzene rings is 2. The molecule has 1 atom stereocenters. The molecular formula is C25H27N3O3. The first-order valence-corrected chi connectivity index (χ1v) is 10.6. The van der Waals surface area contributed by atoms with E-state index in [2.05, 4.69) is 14.8 Å². The molecule has 0 unspecified atom stereocenters. The lowest BCUT2D eigenvalue weighted by Crippen LogP contribution is -2.49. The Hall–Kier alpha value is -3.22. The van der Waals surface area contributed by atoms with Crippen LogP contribution in [0.1, 0.15) is 15.9 Å².